The lowest BCUT2D eigenvalue weighted by Gasteiger charge is -2.41. The standard InChI is InChI=1S/C36H43N3O6/c1-7-44-26-14-12-25(13-15-26)37-18-8-16-35(6)29(32(37)41)30-33(42)39(28(21-40)22(2)3)31-34(43)38(19-9-17-36(30,31)45-35)27-20-23(4)10-11-24(27)5/h8-17,20,22,28-31,40H,7,18-19,21H2,1-6H3/t28-,29-,30-,31?,35+,36-/m0/s1. The fourth-order valence-corrected chi connectivity index (χ4v) is 7.79. The summed E-state index contributed by atoms with van der Waals surface area (Å²) in [7, 11) is 0. The van der Waals surface area contributed by atoms with Gasteiger partial charge >= 0.3 is 0 Å². The molecule has 6 rings (SSSR count). The zero-order valence-corrected chi connectivity index (χ0v) is 26.9. The molecular weight excluding hydrogens is 570 g/mol. The number of benzene rings is 2. The lowest BCUT2D eigenvalue weighted by Crippen LogP contribution is -2.59. The second kappa shape index (κ2) is 11.4. The number of hydrogen-bond donors (Lipinski definition) is 1. The van der Waals surface area contributed by atoms with E-state index in [4.69, 9.17) is 9.47 Å². The fraction of sp³-hybridized carbons (Fsp3) is 0.472. The molecule has 9 nitrogen and oxygen atoms in total. The Kier molecular flexibility index (Phi) is 7.90. The van der Waals surface area contributed by atoms with E-state index in [1.54, 1.807) is 9.80 Å². The van der Waals surface area contributed by atoms with Gasteiger partial charge < -0.3 is 29.3 Å². The molecule has 4 heterocycles. The van der Waals surface area contributed by atoms with Crippen molar-refractivity contribution in [2.24, 2.45) is 17.8 Å². The van der Waals surface area contributed by atoms with Crippen molar-refractivity contribution < 1.29 is 29.0 Å². The maximum absolute atomic E-state index is 14.9. The van der Waals surface area contributed by atoms with Crippen LogP contribution in [0.25, 0.3) is 0 Å². The van der Waals surface area contributed by atoms with Crippen LogP contribution in [0.2, 0.25) is 0 Å². The van der Waals surface area contributed by atoms with Gasteiger partial charge in [0.25, 0.3) is 5.91 Å². The average molecular weight is 614 g/mol. The molecule has 0 aliphatic carbocycles. The Morgan fingerprint density at radius 1 is 0.933 bits per heavy atom. The maximum Gasteiger partial charge on any atom is 0.253 e. The molecule has 0 radical (unpaired) electrons. The third-order valence-corrected chi connectivity index (χ3v) is 9.92. The summed E-state index contributed by atoms with van der Waals surface area (Å²) in [5.41, 5.74) is 0.829. The highest BCUT2D eigenvalue weighted by molar-refractivity contribution is 6.08. The average Bonchev–Trinajstić information content (AvgIpc) is 3.27. The number of ether oxygens (including phenoxy) is 2. The van der Waals surface area contributed by atoms with Crippen LogP contribution in [0, 0.1) is 31.6 Å². The van der Waals surface area contributed by atoms with Gasteiger partial charge in [-0.15, -0.1) is 0 Å². The highest BCUT2D eigenvalue weighted by atomic mass is 16.5. The number of aliphatic hydroxyl groups excluding tert-OH is 1. The smallest absolute Gasteiger partial charge is 0.253 e. The predicted molar refractivity (Wildman–Crippen MR) is 172 cm³/mol. The number of anilines is 2. The molecule has 1 N–H and O–H groups in total. The summed E-state index contributed by atoms with van der Waals surface area (Å²) >= 11 is 0. The van der Waals surface area contributed by atoms with Crippen LogP contribution in [-0.4, -0.2) is 77.3 Å². The van der Waals surface area contributed by atoms with Crippen LogP contribution in [0.3, 0.4) is 0 Å². The van der Waals surface area contributed by atoms with Gasteiger partial charge in [0.15, 0.2) is 0 Å². The summed E-state index contributed by atoms with van der Waals surface area (Å²) in [4.78, 5) is 49.2. The van der Waals surface area contributed by atoms with Crippen LogP contribution in [-0.2, 0) is 19.1 Å². The number of aryl methyl sites for hydroxylation is 2. The molecule has 4 aliphatic rings. The van der Waals surface area contributed by atoms with E-state index in [0.717, 1.165) is 16.8 Å². The first kappa shape index (κ1) is 31.0. The van der Waals surface area contributed by atoms with E-state index in [1.807, 2.05) is 108 Å². The molecule has 2 aromatic carbocycles. The number of aliphatic hydroxyl groups is 1. The molecule has 2 saturated heterocycles. The Labute approximate surface area is 265 Å². The van der Waals surface area contributed by atoms with Crippen LogP contribution in [0.1, 0.15) is 38.8 Å². The SMILES string of the molecule is CCOc1ccc(N2CC=C[C@@]3(C)O[C@]45C=CCN(c6cc(C)ccc6C)C(=O)C4N([C@@H](CO)C(C)C)C(=O)[C@@H]5[C@H]3C2=O)cc1. The molecule has 0 aromatic heterocycles. The molecule has 2 fully saturated rings. The van der Waals surface area contributed by atoms with E-state index in [2.05, 4.69) is 0 Å². The number of likely N-dealkylation sites (tertiary alicyclic amines) is 1. The first-order chi connectivity index (χ1) is 21.5. The van der Waals surface area contributed by atoms with Crippen LogP contribution >= 0.6 is 0 Å². The number of nitrogens with zero attached hydrogens (tertiary/aromatic N) is 3. The van der Waals surface area contributed by atoms with Crippen LogP contribution < -0.4 is 14.5 Å². The van der Waals surface area contributed by atoms with Gasteiger partial charge in [-0.3, -0.25) is 14.4 Å². The van der Waals surface area contributed by atoms with Crippen LogP contribution in [0.15, 0.2) is 66.8 Å². The lowest BCUT2D eigenvalue weighted by atomic mass is 9.74. The molecule has 1 spiro atoms. The minimum absolute atomic E-state index is 0.152. The molecule has 238 valence electrons. The number of amides is 3. The molecule has 0 bridgehead atoms. The summed E-state index contributed by atoms with van der Waals surface area (Å²) in [6.07, 6.45) is 7.52. The number of rotatable bonds is 7. The molecule has 0 saturated carbocycles. The molecule has 2 aromatic rings. The Morgan fingerprint density at radius 3 is 2.29 bits per heavy atom. The largest absolute Gasteiger partial charge is 0.494 e. The van der Waals surface area contributed by atoms with Gasteiger partial charge in [-0.05, 0) is 75.1 Å². The monoisotopic (exact) mass is 613 g/mol. The summed E-state index contributed by atoms with van der Waals surface area (Å²) in [6.45, 7) is 12.3. The van der Waals surface area contributed by atoms with Crippen molar-refractivity contribution in [2.45, 2.75) is 64.8 Å². The summed E-state index contributed by atoms with van der Waals surface area (Å²) in [5, 5.41) is 10.6. The van der Waals surface area contributed by atoms with Crippen molar-refractivity contribution in [3.05, 3.63) is 77.9 Å². The molecule has 45 heavy (non-hydrogen) atoms. The predicted octanol–water partition coefficient (Wildman–Crippen LogP) is 4.20. The summed E-state index contributed by atoms with van der Waals surface area (Å²) < 4.78 is 12.6. The Hall–Kier alpha value is -3.95. The minimum atomic E-state index is -1.41. The zero-order chi connectivity index (χ0) is 32.3. The first-order valence-electron chi connectivity index (χ1n) is 15.9. The van der Waals surface area contributed by atoms with Gasteiger partial charge in [-0.2, -0.15) is 0 Å². The van der Waals surface area contributed by atoms with Gasteiger partial charge in [0.05, 0.1) is 36.7 Å². The van der Waals surface area contributed by atoms with E-state index in [-0.39, 0.29) is 36.8 Å². The van der Waals surface area contributed by atoms with Gasteiger partial charge in [-0.25, -0.2) is 0 Å². The Bertz CT molecular complexity index is 1570. The molecular formula is C36H43N3O6. The fourth-order valence-electron chi connectivity index (χ4n) is 7.79. The minimum Gasteiger partial charge on any atom is -0.494 e. The third kappa shape index (κ3) is 4.79. The van der Waals surface area contributed by atoms with E-state index < -0.39 is 35.1 Å². The Morgan fingerprint density at radius 2 is 1.62 bits per heavy atom. The first-order valence-corrected chi connectivity index (χ1v) is 15.9. The molecule has 9 heteroatoms. The molecule has 1 unspecified atom stereocenters. The van der Waals surface area contributed by atoms with Gasteiger partial charge in [0, 0.05) is 24.5 Å². The quantitative estimate of drug-likeness (QED) is 0.470. The number of hydrogen-bond acceptors (Lipinski definition) is 6. The summed E-state index contributed by atoms with van der Waals surface area (Å²) in [5.74, 6) is -2.21. The van der Waals surface area contributed by atoms with E-state index in [1.165, 1.54) is 4.90 Å². The van der Waals surface area contributed by atoms with Crippen LogP contribution in [0.4, 0.5) is 11.4 Å². The number of carbonyl (C=O) groups excluding carboxylic acids is 3. The molecule has 6 atom stereocenters. The van der Waals surface area contributed by atoms with Crippen molar-refractivity contribution in [1.29, 1.82) is 0 Å². The number of fused-ring (bicyclic) bond motifs is 2. The van der Waals surface area contributed by atoms with Gasteiger partial charge in [0.2, 0.25) is 11.8 Å². The van der Waals surface area contributed by atoms with Crippen molar-refractivity contribution >= 4 is 29.1 Å². The highest BCUT2D eigenvalue weighted by Crippen LogP contribution is 2.58. The molecule has 3 amide bonds. The van der Waals surface area contributed by atoms with Gasteiger partial charge in [-0.1, -0.05) is 50.3 Å². The Balaban J connectivity index is 1.48. The third-order valence-electron chi connectivity index (χ3n) is 9.92. The topological polar surface area (TPSA) is 99.6 Å². The van der Waals surface area contributed by atoms with Crippen molar-refractivity contribution in [2.75, 3.05) is 36.1 Å². The van der Waals surface area contributed by atoms with Crippen molar-refractivity contribution in [1.82, 2.24) is 4.90 Å². The second-order valence-electron chi connectivity index (χ2n) is 13.2. The zero-order valence-electron chi connectivity index (χ0n) is 26.9. The number of carbonyl (C=O) groups is 3. The summed E-state index contributed by atoms with van der Waals surface area (Å²) in [6, 6.07) is 11.6. The van der Waals surface area contributed by atoms with Crippen molar-refractivity contribution in [3.63, 3.8) is 0 Å². The van der Waals surface area contributed by atoms with Crippen LogP contribution in [0.5, 0.6) is 5.75 Å². The van der Waals surface area contributed by atoms with E-state index in [9.17, 15) is 19.5 Å². The van der Waals surface area contributed by atoms with Crippen molar-refractivity contribution in [3.8, 4) is 5.75 Å². The van der Waals surface area contributed by atoms with E-state index >= 15 is 0 Å². The maximum atomic E-state index is 14.9. The second-order valence-corrected chi connectivity index (χ2v) is 13.2. The molecule has 4 aliphatic heterocycles. The highest BCUT2D eigenvalue weighted by Gasteiger charge is 2.75. The lowest BCUT2D eigenvalue weighted by molar-refractivity contribution is -0.149. The normalized spacial score (nSPS) is 29.9. The van der Waals surface area contributed by atoms with Gasteiger partial charge in [0.1, 0.15) is 17.4 Å². The van der Waals surface area contributed by atoms with E-state index in [0.29, 0.717) is 24.6 Å².